The van der Waals surface area contributed by atoms with E-state index in [0.717, 1.165) is 47.9 Å². The van der Waals surface area contributed by atoms with E-state index in [1.54, 1.807) is 13.8 Å². The van der Waals surface area contributed by atoms with Gasteiger partial charge in [-0.1, -0.05) is 72.5 Å². The van der Waals surface area contributed by atoms with Gasteiger partial charge >= 0.3 is 36.2 Å². The first-order valence-corrected chi connectivity index (χ1v) is 23.0. The van der Waals surface area contributed by atoms with E-state index in [2.05, 4.69) is 63.8 Å². The number of carbonyl (C=O) groups is 6. The Kier molecular flexibility index (Phi) is 27.7. The molecule has 0 saturated heterocycles. The van der Waals surface area contributed by atoms with Crippen molar-refractivity contribution in [2.45, 2.75) is 115 Å². The molecule has 370 valence electrons. The fourth-order valence-electron chi connectivity index (χ4n) is 6.62. The third-order valence-corrected chi connectivity index (χ3v) is 10.4. The SMILES string of the molecule is CNC(=O)NC[C@H](CCCCN)NC(=O)NC[C@H](Cc1ccc(C)cc1)NC(=O)NC[C@H](C)NC(=O)NC[C@H](C)NC(=O)NC[C@H](CCCCN)NC(=O)NC[C@@H](N)Cc1ccc(C)cc1. The second-order valence-electron chi connectivity index (χ2n) is 16.8. The van der Waals surface area contributed by atoms with Crippen LogP contribution in [-0.4, -0.2) is 132 Å². The lowest BCUT2D eigenvalue weighted by atomic mass is 10.0. The molecule has 21 heteroatoms. The summed E-state index contributed by atoms with van der Waals surface area (Å²) in [5.41, 5.74) is 21.9. The number of aryl methyl sites for hydroxylation is 2. The van der Waals surface area contributed by atoms with Gasteiger partial charge in [-0.25, -0.2) is 28.8 Å². The van der Waals surface area contributed by atoms with E-state index in [1.165, 1.54) is 7.05 Å². The van der Waals surface area contributed by atoms with E-state index in [-0.39, 0.29) is 69.5 Å². The third kappa shape index (κ3) is 26.7. The third-order valence-electron chi connectivity index (χ3n) is 10.4. The van der Waals surface area contributed by atoms with Gasteiger partial charge in [-0.15, -0.1) is 0 Å². The van der Waals surface area contributed by atoms with Crippen molar-refractivity contribution in [1.82, 2.24) is 63.8 Å². The summed E-state index contributed by atoms with van der Waals surface area (Å²) >= 11 is 0. The van der Waals surface area contributed by atoms with Crippen molar-refractivity contribution in [3.8, 4) is 0 Å². The molecule has 21 nitrogen and oxygen atoms in total. The van der Waals surface area contributed by atoms with Gasteiger partial charge in [0.05, 0.1) is 6.04 Å². The van der Waals surface area contributed by atoms with Crippen molar-refractivity contribution in [2.24, 2.45) is 17.2 Å². The minimum Gasteiger partial charge on any atom is -0.341 e. The number of amides is 12. The molecule has 0 heterocycles. The second-order valence-corrected chi connectivity index (χ2v) is 16.8. The van der Waals surface area contributed by atoms with Crippen LogP contribution in [-0.2, 0) is 12.8 Å². The minimum atomic E-state index is -0.494. The van der Waals surface area contributed by atoms with Crippen LogP contribution in [0.5, 0.6) is 0 Å². The molecule has 0 saturated carbocycles. The second kappa shape index (κ2) is 32.6. The summed E-state index contributed by atoms with van der Waals surface area (Å²) in [6, 6.07) is 11.0. The molecule has 12 amide bonds. The Hall–Kier alpha value is -6.06. The lowest BCUT2D eigenvalue weighted by Gasteiger charge is -2.23. The van der Waals surface area contributed by atoms with Crippen LogP contribution in [0.25, 0.3) is 0 Å². The minimum absolute atomic E-state index is 0.0994. The number of nitrogens with two attached hydrogens (primary N) is 3. The molecule has 2 aromatic carbocycles. The summed E-state index contributed by atoms with van der Waals surface area (Å²) in [6.07, 6.45) is 5.36. The highest BCUT2D eigenvalue weighted by atomic mass is 16.2. The highest BCUT2D eigenvalue weighted by Gasteiger charge is 2.19. The van der Waals surface area contributed by atoms with Gasteiger partial charge in [0.2, 0.25) is 0 Å². The molecule has 0 fully saturated rings. The zero-order chi connectivity index (χ0) is 48.7. The Bertz CT molecular complexity index is 1740. The van der Waals surface area contributed by atoms with E-state index in [0.29, 0.717) is 38.8 Å². The number of carbonyl (C=O) groups excluding carboxylic acids is 6. The maximum atomic E-state index is 13.1. The fourth-order valence-corrected chi connectivity index (χ4v) is 6.62. The van der Waals surface area contributed by atoms with Crippen LogP contribution < -0.4 is 81.0 Å². The summed E-state index contributed by atoms with van der Waals surface area (Å²) in [4.78, 5) is 76.0. The zero-order valence-electron chi connectivity index (χ0n) is 39.6. The van der Waals surface area contributed by atoms with Crippen LogP contribution in [0, 0.1) is 13.8 Å². The highest BCUT2D eigenvalue weighted by Crippen LogP contribution is 2.08. The summed E-state index contributed by atoms with van der Waals surface area (Å²) in [5, 5.41) is 33.5. The van der Waals surface area contributed by atoms with Crippen LogP contribution >= 0.6 is 0 Å². The molecular weight excluding hydrogens is 847 g/mol. The van der Waals surface area contributed by atoms with Crippen molar-refractivity contribution >= 4 is 36.2 Å². The molecule has 0 unspecified atom stereocenters. The molecule has 0 spiro atoms. The van der Waals surface area contributed by atoms with Gasteiger partial charge in [0.25, 0.3) is 0 Å². The van der Waals surface area contributed by atoms with Crippen LogP contribution in [0.4, 0.5) is 28.8 Å². The van der Waals surface area contributed by atoms with Crippen LogP contribution in [0.3, 0.4) is 0 Å². The molecule has 0 aromatic heterocycles. The van der Waals surface area contributed by atoms with E-state index in [4.69, 9.17) is 17.2 Å². The Balaban J connectivity index is 1.79. The van der Waals surface area contributed by atoms with E-state index < -0.39 is 42.2 Å². The van der Waals surface area contributed by atoms with Gasteiger partial charge in [0.1, 0.15) is 0 Å². The van der Waals surface area contributed by atoms with Gasteiger partial charge in [-0.05, 0) is 90.4 Å². The zero-order valence-corrected chi connectivity index (χ0v) is 39.6. The van der Waals surface area contributed by atoms with E-state index in [1.807, 2.05) is 62.4 Å². The lowest BCUT2D eigenvalue weighted by Crippen LogP contribution is -2.54. The van der Waals surface area contributed by atoms with E-state index >= 15 is 0 Å². The monoisotopic (exact) mass is 926 g/mol. The molecule has 0 aliphatic heterocycles. The highest BCUT2D eigenvalue weighted by molar-refractivity contribution is 5.78. The van der Waals surface area contributed by atoms with Crippen LogP contribution in [0.1, 0.15) is 74.6 Å². The fraction of sp³-hybridized carbons (Fsp3) is 0.600. The van der Waals surface area contributed by atoms with Crippen LogP contribution in [0.15, 0.2) is 48.5 Å². The van der Waals surface area contributed by atoms with Gasteiger partial charge in [-0.3, -0.25) is 0 Å². The molecular formula is C45H79N15O6. The van der Waals surface area contributed by atoms with Gasteiger partial charge < -0.3 is 81.0 Å². The first-order valence-electron chi connectivity index (χ1n) is 23.0. The van der Waals surface area contributed by atoms with Gasteiger partial charge in [0, 0.05) is 76.5 Å². The summed E-state index contributed by atoms with van der Waals surface area (Å²) in [7, 11) is 1.51. The van der Waals surface area contributed by atoms with Crippen molar-refractivity contribution in [2.75, 3.05) is 59.4 Å². The van der Waals surface area contributed by atoms with Gasteiger partial charge in [0.15, 0.2) is 0 Å². The molecule has 2 rings (SSSR count). The average molecular weight is 926 g/mol. The summed E-state index contributed by atoms with van der Waals surface area (Å²) < 4.78 is 0. The molecule has 0 radical (unpaired) electrons. The molecule has 6 atom stereocenters. The van der Waals surface area contributed by atoms with E-state index in [9.17, 15) is 28.8 Å². The first-order chi connectivity index (χ1) is 31.6. The number of nitrogens with one attached hydrogen (secondary N) is 12. The lowest BCUT2D eigenvalue weighted by molar-refractivity contribution is 0.225. The molecule has 18 N–H and O–H groups in total. The Labute approximate surface area is 390 Å². The normalized spacial score (nSPS) is 13.5. The quantitative estimate of drug-likeness (QED) is 0.0517. The number of rotatable bonds is 29. The maximum Gasteiger partial charge on any atom is 0.315 e. The van der Waals surface area contributed by atoms with Crippen molar-refractivity contribution in [1.29, 1.82) is 0 Å². The predicted molar refractivity (Wildman–Crippen MR) is 259 cm³/mol. The molecule has 66 heavy (non-hydrogen) atoms. The maximum absolute atomic E-state index is 13.1. The standard InChI is InChI=1S/C45H79N15O6/c1-30-12-16-34(17-13-30)22-36(48)26-52-44(65)58-38(11-7-9-21-47)28-54-42(63)57-32(3)24-50-41(62)56-33(4)25-51-43(64)60-39(23-35-18-14-31(2)15-19-35)29-55-45(66)59-37(10-6-8-20-46)27-53-40(61)49-5/h12-19,32-33,36-39H,6-11,20-29,46-48H2,1-5H3,(H2,49,53,61)(H2,50,56,62)(H2,51,60,64)(H2,52,58,65)(H2,54,57,63)(H2,55,59,66)/t32-,33-,36-,37-,38-,39-/m0/s1. The number of benzene rings is 2. The molecule has 2 aromatic rings. The number of hydrogen-bond donors (Lipinski definition) is 15. The Morgan fingerprint density at radius 1 is 0.455 bits per heavy atom. The predicted octanol–water partition coefficient (Wildman–Crippen LogP) is 0.982. The number of urea groups is 6. The van der Waals surface area contributed by atoms with Crippen molar-refractivity contribution < 1.29 is 28.8 Å². The Morgan fingerprint density at radius 3 is 1.23 bits per heavy atom. The van der Waals surface area contributed by atoms with Crippen molar-refractivity contribution in [3.05, 3.63) is 70.8 Å². The number of hydrogen-bond acceptors (Lipinski definition) is 9. The Morgan fingerprint density at radius 2 is 0.803 bits per heavy atom. The van der Waals surface area contributed by atoms with Crippen LogP contribution in [0.2, 0.25) is 0 Å². The molecule has 0 aliphatic carbocycles. The molecule has 0 aliphatic rings. The molecule has 0 bridgehead atoms. The summed E-state index contributed by atoms with van der Waals surface area (Å²) in [5.74, 6) is 0. The first kappa shape index (κ1) is 56.1. The van der Waals surface area contributed by atoms with Gasteiger partial charge in [-0.2, -0.15) is 0 Å². The summed E-state index contributed by atoms with van der Waals surface area (Å²) in [6.45, 7) is 9.51. The largest absolute Gasteiger partial charge is 0.341 e. The smallest absolute Gasteiger partial charge is 0.315 e. The van der Waals surface area contributed by atoms with Crippen molar-refractivity contribution in [3.63, 3.8) is 0 Å². The number of unbranched alkanes of at least 4 members (excludes halogenated alkanes) is 2. The average Bonchev–Trinajstić information content (AvgIpc) is 3.28. The topological polar surface area (TPSA) is 325 Å².